The Balaban J connectivity index is 2.23. The maximum atomic E-state index is 12.5. The zero-order chi connectivity index (χ0) is 18.1. The summed E-state index contributed by atoms with van der Waals surface area (Å²) in [5.41, 5.74) is 1.59. The first-order valence-electron chi connectivity index (χ1n) is 7.63. The van der Waals surface area contributed by atoms with Crippen LogP contribution in [0, 0.1) is 0 Å². The fourth-order valence-electron chi connectivity index (χ4n) is 2.12. The maximum absolute atomic E-state index is 12.5. The number of carbonyl (C=O) groups excluding carboxylic acids is 2. The van der Waals surface area contributed by atoms with Crippen LogP contribution in [0.4, 0.5) is 5.82 Å². The number of amides is 2. The number of nitrogens with one attached hydrogen (secondary N) is 1. The largest absolute Gasteiger partial charge is 0.345 e. The fraction of sp³-hybridized carbons (Fsp3) is 0.412. The number of pyridine rings is 1. The SMILES string of the molecule is CN(C)C(=O)c1ccnc(NC(=O)c2cc(C(C)(C)C)nn2C)c1. The molecule has 2 amide bonds. The molecule has 0 aliphatic carbocycles. The Kier molecular flexibility index (Phi) is 4.73. The van der Waals surface area contributed by atoms with E-state index in [0.29, 0.717) is 17.1 Å². The monoisotopic (exact) mass is 329 g/mol. The number of aromatic nitrogens is 3. The highest BCUT2D eigenvalue weighted by Gasteiger charge is 2.22. The molecule has 2 rings (SSSR count). The summed E-state index contributed by atoms with van der Waals surface area (Å²) in [5.74, 6) is -0.142. The van der Waals surface area contributed by atoms with Crippen molar-refractivity contribution < 1.29 is 9.59 Å². The van der Waals surface area contributed by atoms with Crippen LogP contribution in [0.15, 0.2) is 24.4 Å². The van der Waals surface area contributed by atoms with Crippen LogP contribution in [0.5, 0.6) is 0 Å². The molecule has 24 heavy (non-hydrogen) atoms. The molecular formula is C17H23N5O2. The van der Waals surface area contributed by atoms with Crippen molar-refractivity contribution in [1.29, 1.82) is 0 Å². The molecule has 2 aromatic rings. The van der Waals surface area contributed by atoms with Gasteiger partial charge in [0, 0.05) is 38.3 Å². The van der Waals surface area contributed by atoms with E-state index >= 15 is 0 Å². The Labute approximate surface area is 141 Å². The average molecular weight is 329 g/mol. The van der Waals surface area contributed by atoms with Gasteiger partial charge in [-0.3, -0.25) is 14.3 Å². The first-order valence-corrected chi connectivity index (χ1v) is 7.63. The fourth-order valence-corrected chi connectivity index (χ4v) is 2.12. The summed E-state index contributed by atoms with van der Waals surface area (Å²) in [6, 6.07) is 4.94. The minimum absolute atomic E-state index is 0.146. The molecule has 0 radical (unpaired) electrons. The summed E-state index contributed by atoms with van der Waals surface area (Å²) in [4.78, 5) is 30.0. The number of rotatable bonds is 3. The normalized spacial score (nSPS) is 11.2. The van der Waals surface area contributed by atoms with Gasteiger partial charge in [-0.05, 0) is 18.2 Å². The molecule has 2 aromatic heterocycles. The molecule has 0 atom stereocenters. The smallest absolute Gasteiger partial charge is 0.275 e. The van der Waals surface area contributed by atoms with Crippen LogP contribution < -0.4 is 5.32 Å². The zero-order valence-corrected chi connectivity index (χ0v) is 14.9. The Bertz CT molecular complexity index is 772. The van der Waals surface area contributed by atoms with Crippen molar-refractivity contribution in [2.24, 2.45) is 7.05 Å². The van der Waals surface area contributed by atoms with Crippen LogP contribution in [0.25, 0.3) is 0 Å². The topological polar surface area (TPSA) is 80.1 Å². The van der Waals surface area contributed by atoms with Crippen molar-refractivity contribution in [3.05, 3.63) is 41.3 Å². The molecule has 2 heterocycles. The van der Waals surface area contributed by atoms with E-state index in [-0.39, 0.29) is 17.2 Å². The second-order valence-electron chi connectivity index (χ2n) is 6.87. The Morgan fingerprint density at radius 3 is 2.42 bits per heavy atom. The Morgan fingerprint density at radius 1 is 1.21 bits per heavy atom. The van der Waals surface area contributed by atoms with Gasteiger partial charge < -0.3 is 10.2 Å². The molecule has 7 heteroatoms. The van der Waals surface area contributed by atoms with Crippen molar-refractivity contribution >= 4 is 17.6 Å². The third-order valence-corrected chi connectivity index (χ3v) is 3.54. The highest BCUT2D eigenvalue weighted by Crippen LogP contribution is 2.21. The van der Waals surface area contributed by atoms with Crippen molar-refractivity contribution in [3.63, 3.8) is 0 Å². The minimum atomic E-state index is -0.317. The number of aryl methyl sites for hydroxylation is 1. The van der Waals surface area contributed by atoms with E-state index in [9.17, 15) is 9.59 Å². The third-order valence-electron chi connectivity index (χ3n) is 3.54. The molecule has 0 aliphatic heterocycles. The van der Waals surface area contributed by atoms with Crippen molar-refractivity contribution in [3.8, 4) is 0 Å². The van der Waals surface area contributed by atoms with Gasteiger partial charge in [0.05, 0.1) is 5.69 Å². The zero-order valence-electron chi connectivity index (χ0n) is 14.9. The number of nitrogens with zero attached hydrogens (tertiary/aromatic N) is 4. The predicted molar refractivity (Wildman–Crippen MR) is 92.1 cm³/mol. The van der Waals surface area contributed by atoms with Gasteiger partial charge in [0.1, 0.15) is 11.5 Å². The van der Waals surface area contributed by atoms with E-state index in [0.717, 1.165) is 5.69 Å². The molecule has 0 fully saturated rings. The third kappa shape index (κ3) is 3.79. The lowest BCUT2D eigenvalue weighted by Crippen LogP contribution is -2.22. The van der Waals surface area contributed by atoms with Crippen LogP contribution in [0.2, 0.25) is 0 Å². The van der Waals surface area contributed by atoms with Gasteiger partial charge in [0.2, 0.25) is 0 Å². The van der Waals surface area contributed by atoms with Crippen molar-refractivity contribution in [1.82, 2.24) is 19.7 Å². The van der Waals surface area contributed by atoms with Crippen LogP contribution >= 0.6 is 0 Å². The van der Waals surface area contributed by atoms with E-state index in [1.54, 1.807) is 44.0 Å². The molecule has 0 saturated carbocycles. The number of hydrogen-bond donors (Lipinski definition) is 1. The van der Waals surface area contributed by atoms with Crippen LogP contribution in [-0.4, -0.2) is 45.6 Å². The quantitative estimate of drug-likeness (QED) is 0.935. The second-order valence-corrected chi connectivity index (χ2v) is 6.87. The summed E-state index contributed by atoms with van der Waals surface area (Å²) in [7, 11) is 5.07. The molecule has 7 nitrogen and oxygen atoms in total. The lowest BCUT2D eigenvalue weighted by molar-refractivity contribution is 0.0827. The van der Waals surface area contributed by atoms with Crippen LogP contribution in [0.1, 0.15) is 47.3 Å². The first kappa shape index (κ1) is 17.7. The minimum Gasteiger partial charge on any atom is -0.345 e. The van der Waals surface area contributed by atoms with Gasteiger partial charge in [-0.15, -0.1) is 0 Å². The van der Waals surface area contributed by atoms with E-state index in [2.05, 4.69) is 15.4 Å². The van der Waals surface area contributed by atoms with E-state index in [1.807, 2.05) is 20.8 Å². The molecule has 0 unspecified atom stereocenters. The van der Waals surface area contributed by atoms with Crippen molar-refractivity contribution in [2.45, 2.75) is 26.2 Å². The molecule has 0 aliphatic rings. The molecule has 0 aromatic carbocycles. The van der Waals surface area contributed by atoms with E-state index in [4.69, 9.17) is 0 Å². The van der Waals surface area contributed by atoms with Crippen molar-refractivity contribution in [2.75, 3.05) is 19.4 Å². The lowest BCUT2D eigenvalue weighted by Gasteiger charge is -2.13. The molecule has 1 N–H and O–H groups in total. The van der Waals surface area contributed by atoms with Gasteiger partial charge in [-0.2, -0.15) is 5.10 Å². The first-order chi connectivity index (χ1) is 11.1. The highest BCUT2D eigenvalue weighted by molar-refractivity contribution is 6.03. The predicted octanol–water partition coefficient (Wildman–Crippen LogP) is 2.07. The van der Waals surface area contributed by atoms with Gasteiger partial charge >= 0.3 is 0 Å². The standard InChI is InChI=1S/C17H23N5O2/c1-17(2,3)13-10-12(22(6)20-13)15(23)19-14-9-11(7-8-18-14)16(24)21(4)5/h7-10H,1-6H3,(H,18,19,23). The van der Waals surface area contributed by atoms with Crippen LogP contribution in [0.3, 0.4) is 0 Å². The van der Waals surface area contributed by atoms with E-state index < -0.39 is 0 Å². The molecular weight excluding hydrogens is 306 g/mol. The molecule has 0 spiro atoms. The molecule has 0 saturated heterocycles. The number of hydrogen-bond acceptors (Lipinski definition) is 4. The average Bonchev–Trinajstić information content (AvgIpc) is 2.89. The summed E-state index contributed by atoms with van der Waals surface area (Å²) >= 11 is 0. The molecule has 0 bridgehead atoms. The number of anilines is 1. The summed E-state index contributed by atoms with van der Waals surface area (Å²) in [6.07, 6.45) is 1.50. The second kappa shape index (κ2) is 6.43. The van der Waals surface area contributed by atoms with Gasteiger partial charge in [-0.1, -0.05) is 20.8 Å². The lowest BCUT2D eigenvalue weighted by atomic mass is 9.92. The van der Waals surface area contributed by atoms with Gasteiger partial charge in [0.15, 0.2) is 0 Å². The summed E-state index contributed by atoms with van der Waals surface area (Å²) in [6.45, 7) is 6.11. The van der Waals surface area contributed by atoms with Gasteiger partial charge in [0.25, 0.3) is 11.8 Å². The summed E-state index contributed by atoms with van der Waals surface area (Å²) in [5, 5.41) is 7.10. The molecule has 128 valence electrons. The van der Waals surface area contributed by atoms with Gasteiger partial charge in [-0.25, -0.2) is 4.98 Å². The number of carbonyl (C=O) groups is 2. The van der Waals surface area contributed by atoms with E-state index in [1.165, 1.54) is 11.1 Å². The Hall–Kier alpha value is -2.70. The highest BCUT2D eigenvalue weighted by atomic mass is 16.2. The van der Waals surface area contributed by atoms with Crippen LogP contribution in [-0.2, 0) is 12.5 Å². The Morgan fingerprint density at radius 2 is 1.88 bits per heavy atom. The maximum Gasteiger partial charge on any atom is 0.275 e. The summed E-state index contributed by atoms with van der Waals surface area (Å²) < 4.78 is 1.55.